The lowest BCUT2D eigenvalue weighted by Gasteiger charge is -2.16. The number of ether oxygens (including phenoxy) is 1. The van der Waals surface area contributed by atoms with Crippen LogP contribution in [0.4, 0.5) is 5.82 Å². The Morgan fingerprint density at radius 1 is 1.17 bits per heavy atom. The lowest BCUT2D eigenvalue weighted by Crippen LogP contribution is -2.33. The smallest absolute Gasteiger partial charge is 0.167 e. The van der Waals surface area contributed by atoms with E-state index < -0.39 is 31.1 Å². The summed E-state index contributed by atoms with van der Waals surface area (Å²) in [6, 6.07) is 0. The fourth-order valence-electron chi connectivity index (χ4n) is 2.44. The number of hydrogen-bond donors (Lipinski definition) is 4. The summed E-state index contributed by atoms with van der Waals surface area (Å²) >= 11 is 0. The van der Waals surface area contributed by atoms with E-state index in [-0.39, 0.29) is 5.82 Å². The van der Waals surface area contributed by atoms with Gasteiger partial charge in [-0.05, 0) is 0 Å². The molecule has 2 aliphatic rings. The molecule has 0 spiro atoms. The number of aliphatic hydroxyl groups excluding tert-OH is 3. The zero-order valence-electron chi connectivity index (χ0n) is 12.6. The standard InChI is InChI=1S/C10H13N5O4.C4H4Si/c11-8-5-9(13-2-12-8)15(3-14-5)10-7(18)6(17)4(1-16)19-10;1-2-4-5-3-1/h2-4,6-7,10,16-18H,1H2,(H2,11,12,13);1-4H/t4-,6-,7-,10-;/m1./s1. The fourth-order valence-corrected chi connectivity index (χ4v) is 3.00. The summed E-state index contributed by atoms with van der Waals surface area (Å²) in [6.45, 7) is -0.390. The highest BCUT2D eigenvalue weighted by atomic mass is 28.2. The second-order valence-corrected chi connectivity index (χ2v) is 6.20. The van der Waals surface area contributed by atoms with Gasteiger partial charge in [0.1, 0.15) is 39.7 Å². The SMILES string of the molecule is C1=C[Si]C=C1.Nc1ncnc2c1ncn2[C@@H]1O[C@H](CO)[C@@H](O)[C@H]1O. The second kappa shape index (κ2) is 7.19. The van der Waals surface area contributed by atoms with E-state index in [1.165, 1.54) is 17.2 Å². The third-order valence-electron chi connectivity index (χ3n) is 3.67. The van der Waals surface area contributed by atoms with Crippen molar-refractivity contribution in [3.8, 4) is 0 Å². The van der Waals surface area contributed by atoms with E-state index in [1.807, 2.05) is 0 Å². The molecule has 2 aromatic heterocycles. The Morgan fingerprint density at radius 2 is 1.92 bits per heavy atom. The monoisotopic (exact) mass is 347 g/mol. The predicted octanol–water partition coefficient (Wildman–Crippen LogP) is -1.25. The molecule has 1 saturated heterocycles. The van der Waals surface area contributed by atoms with Gasteiger partial charge < -0.3 is 25.8 Å². The van der Waals surface area contributed by atoms with Crippen LogP contribution in [-0.4, -0.2) is 69.3 Å². The number of imidazole rings is 1. The Labute approximate surface area is 140 Å². The van der Waals surface area contributed by atoms with Gasteiger partial charge in [-0.25, -0.2) is 15.0 Å². The number of fused-ring (bicyclic) bond motifs is 1. The number of hydrogen-bond acceptors (Lipinski definition) is 8. The minimum Gasteiger partial charge on any atom is -0.394 e. The van der Waals surface area contributed by atoms with Gasteiger partial charge in [-0.3, -0.25) is 4.57 Å². The molecule has 9 nitrogen and oxygen atoms in total. The number of aliphatic hydroxyl groups is 3. The third kappa shape index (κ3) is 3.09. The molecular formula is C14H17N5O4Si. The molecule has 2 radical (unpaired) electrons. The first-order valence-corrected chi connectivity index (χ1v) is 8.42. The third-order valence-corrected chi connectivity index (χ3v) is 4.44. The Hall–Kier alpha value is -2.11. The number of nitrogens with two attached hydrogens (primary N) is 1. The normalized spacial score (nSPS) is 28.3. The molecule has 4 heterocycles. The van der Waals surface area contributed by atoms with Crippen molar-refractivity contribution in [2.45, 2.75) is 24.5 Å². The highest BCUT2D eigenvalue weighted by Crippen LogP contribution is 2.31. The van der Waals surface area contributed by atoms with Crippen LogP contribution >= 0.6 is 0 Å². The van der Waals surface area contributed by atoms with Crippen LogP contribution < -0.4 is 5.73 Å². The Morgan fingerprint density at radius 3 is 2.50 bits per heavy atom. The van der Waals surface area contributed by atoms with Crippen molar-refractivity contribution in [3.63, 3.8) is 0 Å². The van der Waals surface area contributed by atoms with Gasteiger partial charge >= 0.3 is 0 Å². The van der Waals surface area contributed by atoms with E-state index >= 15 is 0 Å². The van der Waals surface area contributed by atoms with Gasteiger partial charge in [0.05, 0.1) is 12.9 Å². The summed E-state index contributed by atoms with van der Waals surface area (Å²) in [5.41, 5.74) is 10.7. The van der Waals surface area contributed by atoms with Crippen LogP contribution in [0.3, 0.4) is 0 Å². The summed E-state index contributed by atoms with van der Waals surface area (Å²) in [7, 11) is 0.948. The lowest BCUT2D eigenvalue weighted by molar-refractivity contribution is -0.0511. The van der Waals surface area contributed by atoms with Gasteiger partial charge in [0.25, 0.3) is 0 Å². The van der Waals surface area contributed by atoms with Crippen LogP contribution in [0, 0.1) is 0 Å². The van der Waals surface area contributed by atoms with Crippen molar-refractivity contribution >= 4 is 26.5 Å². The van der Waals surface area contributed by atoms with Gasteiger partial charge in [0.15, 0.2) is 17.7 Å². The molecule has 1 fully saturated rings. The highest BCUT2D eigenvalue weighted by molar-refractivity contribution is 6.49. The second-order valence-electron chi connectivity index (χ2n) is 5.20. The number of rotatable bonds is 2. The minimum absolute atomic E-state index is 0.218. The maximum Gasteiger partial charge on any atom is 0.167 e. The number of aromatic nitrogens is 4. The molecule has 4 rings (SSSR count). The van der Waals surface area contributed by atoms with Crippen molar-refractivity contribution in [2.24, 2.45) is 0 Å². The molecule has 0 aliphatic carbocycles. The minimum atomic E-state index is -1.19. The van der Waals surface area contributed by atoms with E-state index in [4.69, 9.17) is 15.6 Å². The summed E-state index contributed by atoms with van der Waals surface area (Å²) in [6.07, 6.45) is 2.71. The molecule has 10 heteroatoms. The van der Waals surface area contributed by atoms with Crippen molar-refractivity contribution in [1.29, 1.82) is 0 Å². The summed E-state index contributed by atoms with van der Waals surface area (Å²) in [4.78, 5) is 11.9. The van der Waals surface area contributed by atoms with Gasteiger partial charge in [-0.1, -0.05) is 23.6 Å². The van der Waals surface area contributed by atoms with Crippen LogP contribution in [0.15, 0.2) is 36.2 Å². The summed E-state index contributed by atoms with van der Waals surface area (Å²) < 4.78 is 6.85. The van der Waals surface area contributed by atoms with E-state index in [1.54, 1.807) is 0 Å². The maximum absolute atomic E-state index is 9.95. The van der Waals surface area contributed by atoms with E-state index in [9.17, 15) is 10.2 Å². The van der Waals surface area contributed by atoms with E-state index in [0.29, 0.717) is 11.2 Å². The van der Waals surface area contributed by atoms with Gasteiger partial charge in [-0.2, -0.15) is 0 Å². The molecule has 5 N–H and O–H groups in total. The molecule has 126 valence electrons. The summed E-state index contributed by atoms with van der Waals surface area (Å²) in [5, 5.41) is 28.7. The van der Waals surface area contributed by atoms with Crippen molar-refractivity contribution in [3.05, 3.63) is 36.2 Å². The molecule has 0 amide bonds. The molecule has 0 aromatic carbocycles. The first-order valence-electron chi connectivity index (χ1n) is 7.26. The molecule has 2 aliphatic heterocycles. The molecule has 0 saturated carbocycles. The lowest BCUT2D eigenvalue weighted by atomic mass is 10.1. The molecule has 24 heavy (non-hydrogen) atoms. The Balaban J connectivity index is 0.000000290. The zero-order chi connectivity index (χ0) is 17.1. The van der Waals surface area contributed by atoms with Crippen LogP contribution in [0.5, 0.6) is 0 Å². The average Bonchev–Trinajstić information content (AvgIpc) is 3.32. The van der Waals surface area contributed by atoms with Crippen molar-refractivity contribution < 1.29 is 20.1 Å². The maximum atomic E-state index is 9.95. The number of allylic oxidation sites excluding steroid dienone is 2. The van der Waals surface area contributed by atoms with Crippen LogP contribution in [-0.2, 0) is 4.74 Å². The number of nitrogen functional groups attached to an aromatic ring is 1. The number of nitrogens with zero attached hydrogens (tertiary/aromatic N) is 4. The largest absolute Gasteiger partial charge is 0.394 e. The van der Waals surface area contributed by atoms with Crippen LogP contribution in [0.25, 0.3) is 11.2 Å². The quantitative estimate of drug-likeness (QED) is 0.494. The van der Waals surface area contributed by atoms with Crippen LogP contribution in [0.2, 0.25) is 0 Å². The van der Waals surface area contributed by atoms with Gasteiger partial charge in [-0.15, -0.1) is 0 Å². The Kier molecular flexibility index (Phi) is 5.02. The first-order chi connectivity index (χ1) is 11.6. The fraction of sp³-hybridized carbons (Fsp3) is 0.357. The first kappa shape index (κ1) is 16.7. The summed E-state index contributed by atoms with van der Waals surface area (Å²) in [5.74, 6) is 0.218. The van der Waals surface area contributed by atoms with E-state index in [0.717, 1.165) is 9.52 Å². The topological polar surface area (TPSA) is 140 Å². The Bertz CT molecular complexity index is 755. The van der Waals surface area contributed by atoms with E-state index in [2.05, 4.69) is 38.5 Å². The van der Waals surface area contributed by atoms with Gasteiger partial charge in [0, 0.05) is 0 Å². The van der Waals surface area contributed by atoms with Crippen molar-refractivity contribution in [1.82, 2.24) is 19.5 Å². The molecule has 4 atom stereocenters. The molecular weight excluding hydrogens is 330 g/mol. The van der Waals surface area contributed by atoms with Crippen molar-refractivity contribution in [2.75, 3.05) is 12.3 Å². The number of anilines is 1. The molecule has 0 bridgehead atoms. The predicted molar refractivity (Wildman–Crippen MR) is 86.8 cm³/mol. The highest BCUT2D eigenvalue weighted by Gasteiger charge is 2.43. The molecule has 0 unspecified atom stereocenters. The van der Waals surface area contributed by atoms with Crippen LogP contribution in [0.1, 0.15) is 6.23 Å². The average molecular weight is 347 g/mol. The van der Waals surface area contributed by atoms with Gasteiger partial charge in [0.2, 0.25) is 0 Å². The zero-order valence-corrected chi connectivity index (χ0v) is 13.6. The molecule has 2 aromatic rings.